The van der Waals surface area contributed by atoms with E-state index in [-0.39, 0.29) is 35.9 Å². The summed E-state index contributed by atoms with van der Waals surface area (Å²) >= 11 is 0. The van der Waals surface area contributed by atoms with Crippen LogP contribution in [-0.4, -0.2) is 51.1 Å². The van der Waals surface area contributed by atoms with Gasteiger partial charge in [-0.3, -0.25) is 4.79 Å². The smallest absolute Gasteiger partial charge is 0.251 e. The number of amides is 1. The van der Waals surface area contributed by atoms with Gasteiger partial charge in [0.25, 0.3) is 5.91 Å². The maximum Gasteiger partial charge on any atom is 0.251 e. The summed E-state index contributed by atoms with van der Waals surface area (Å²) in [5.41, 5.74) is 2.08. The predicted molar refractivity (Wildman–Crippen MR) is 119 cm³/mol. The van der Waals surface area contributed by atoms with Crippen LogP contribution in [-0.2, 0) is 9.84 Å². The molecule has 0 bridgehead atoms. The van der Waals surface area contributed by atoms with Crippen molar-refractivity contribution in [2.24, 2.45) is 0 Å². The normalized spacial score (nSPS) is 17.5. The number of nitrogens with one attached hydrogen (secondary N) is 1. The molecule has 168 valence electrons. The van der Waals surface area contributed by atoms with Crippen LogP contribution in [0.2, 0.25) is 0 Å². The van der Waals surface area contributed by atoms with E-state index in [2.05, 4.69) is 5.32 Å². The molecule has 31 heavy (non-hydrogen) atoms. The van der Waals surface area contributed by atoms with Crippen molar-refractivity contribution in [1.29, 1.82) is 0 Å². The van der Waals surface area contributed by atoms with Gasteiger partial charge in [-0.25, -0.2) is 12.8 Å². The lowest BCUT2D eigenvalue weighted by molar-refractivity contribution is 0.0930. The van der Waals surface area contributed by atoms with E-state index in [1.165, 1.54) is 12.1 Å². The first-order valence-electron chi connectivity index (χ1n) is 10.6. The van der Waals surface area contributed by atoms with Crippen LogP contribution in [0, 0.1) is 0 Å². The van der Waals surface area contributed by atoms with E-state index in [1.54, 1.807) is 31.2 Å². The first-order valence-corrected chi connectivity index (χ1v) is 12.2. The maximum atomic E-state index is 13.2. The van der Waals surface area contributed by atoms with E-state index >= 15 is 0 Å². The topological polar surface area (TPSA) is 86.7 Å². The molecule has 2 atom stereocenters. The third-order valence-corrected chi connectivity index (χ3v) is 7.51. The summed E-state index contributed by atoms with van der Waals surface area (Å²) in [5, 5.41) is 12.3. The molecule has 0 aliphatic carbocycles. The van der Waals surface area contributed by atoms with Crippen molar-refractivity contribution in [2.75, 3.05) is 30.5 Å². The molecule has 2 N–H and O–H groups in total. The SMILES string of the molecule is CCS(=O)(=O)c1ccc([C@H](CCO)NC(=O)c2ccc(N3CCC[C@H]3CF)cc2)cc1. The van der Waals surface area contributed by atoms with Gasteiger partial charge in [-0.05, 0) is 61.2 Å². The zero-order chi connectivity index (χ0) is 22.4. The second kappa shape index (κ2) is 10.2. The Kier molecular flexibility index (Phi) is 7.67. The van der Waals surface area contributed by atoms with Crippen molar-refractivity contribution >= 4 is 21.4 Å². The lowest BCUT2D eigenvalue weighted by Gasteiger charge is -2.25. The number of aliphatic hydroxyl groups excluding tert-OH is 1. The molecule has 0 unspecified atom stereocenters. The third kappa shape index (κ3) is 5.43. The van der Waals surface area contributed by atoms with Crippen molar-refractivity contribution < 1.29 is 22.7 Å². The van der Waals surface area contributed by atoms with E-state index in [0.29, 0.717) is 12.0 Å². The number of benzene rings is 2. The zero-order valence-electron chi connectivity index (χ0n) is 17.6. The summed E-state index contributed by atoms with van der Waals surface area (Å²) in [5.74, 6) is -0.276. The molecule has 0 saturated carbocycles. The maximum absolute atomic E-state index is 13.2. The van der Waals surface area contributed by atoms with Gasteiger partial charge < -0.3 is 15.3 Å². The molecule has 2 aromatic carbocycles. The number of hydrogen-bond donors (Lipinski definition) is 2. The molecular formula is C23H29FN2O4S. The van der Waals surface area contributed by atoms with Crippen LogP contribution in [0.4, 0.5) is 10.1 Å². The van der Waals surface area contributed by atoms with Crippen molar-refractivity contribution in [2.45, 2.75) is 43.2 Å². The summed E-state index contributed by atoms with van der Waals surface area (Å²) in [7, 11) is -3.30. The summed E-state index contributed by atoms with van der Waals surface area (Å²) in [6.07, 6.45) is 2.09. The molecule has 6 nitrogen and oxygen atoms in total. The Bertz CT molecular complexity index is 978. The fraction of sp³-hybridized carbons (Fsp3) is 0.435. The van der Waals surface area contributed by atoms with E-state index in [1.807, 2.05) is 17.0 Å². The molecular weight excluding hydrogens is 419 g/mol. The second-order valence-corrected chi connectivity index (χ2v) is 9.98. The Labute approximate surface area is 183 Å². The van der Waals surface area contributed by atoms with E-state index in [9.17, 15) is 22.7 Å². The van der Waals surface area contributed by atoms with Crippen LogP contribution in [0.3, 0.4) is 0 Å². The van der Waals surface area contributed by atoms with Crippen LogP contribution >= 0.6 is 0 Å². The molecule has 0 aromatic heterocycles. The molecule has 2 aromatic rings. The van der Waals surface area contributed by atoms with Gasteiger partial charge in [0.2, 0.25) is 0 Å². The van der Waals surface area contributed by atoms with Crippen LogP contribution in [0.15, 0.2) is 53.4 Å². The van der Waals surface area contributed by atoms with E-state index in [4.69, 9.17) is 0 Å². The zero-order valence-corrected chi connectivity index (χ0v) is 18.4. The summed E-state index contributed by atoms with van der Waals surface area (Å²) in [4.78, 5) is 15.0. The molecule has 0 spiro atoms. The average Bonchev–Trinajstić information content (AvgIpc) is 3.28. The number of rotatable bonds is 9. The van der Waals surface area contributed by atoms with Gasteiger partial charge >= 0.3 is 0 Å². The number of hydrogen-bond acceptors (Lipinski definition) is 5. The van der Waals surface area contributed by atoms with Gasteiger partial charge in [-0.15, -0.1) is 0 Å². The highest BCUT2D eigenvalue weighted by Crippen LogP contribution is 2.26. The molecule has 1 saturated heterocycles. The summed E-state index contributed by atoms with van der Waals surface area (Å²) < 4.78 is 37.2. The Morgan fingerprint density at radius 1 is 1.19 bits per heavy atom. The molecule has 1 aliphatic heterocycles. The number of carbonyl (C=O) groups excluding carboxylic acids is 1. The third-order valence-electron chi connectivity index (χ3n) is 5.76. The number of nitrogens with zero attached hydrogens (tertiary/aromatic N) is 1. The average molecular weight is 449 g/mol. The number of sulfone groups is 1. The first-order chi connectivity index (χ1) is 14.9. The lowest BCUT2D eigenvalue weighted by Crippen LogP contribution is -2.31. The lowest BCUT2D eigenvalue weighted by atomic mass is 10.0. The highest BCUT2D eigenvalue weighted by Gasteiger charge is 2.25. The first kappa shape index (κ1) is 23.2. The van der Waals surface area contributed by atoms with Gasteiger partial charge in [0.05, 0.1) is 22.7 Å². The van der Waals surface area contributed by atoms with Crippen LogP contribution in [0.5, 0.6) is 0 Å². The van der Waals surface area contributed by atoms with Crippen molar-refractivity contribution in [3.05, 3.63) is 59.7 Å². The standard InChI is InChI=1S/C23H29FN2O4S/c1-2-31(29,30)21-11-7-17(8-12-21)22(13-15-27)25-23(28)18-5-9-19(10-6-18)26-14-3-4-20(26)16-24/h5-12,20,22,27H,2-4,13-16H2,1H3,(H,25,28)/t20-,22-/m0/s1. The van der Waals surface area contributed by atoms with Crippen molar-refractivity contribution in [3.63, 3.8) is 0 Å². The van der Waals surface area contributed by atoms with Crippen molar-refractivity contribution in [1.82, 2.24) is 5.32 Å². The second-order valence-electron chi connectivity index (χ2n) is 7.70. The fourth-order valence-electron chi connectivity index (χ4n) is 3.91. The quantitative estimate of drug-likeness (QED) is 0.615. The number of aliphatic hydroxyl groups is 1. The molecule has 1 amide bonds. The van der Waals surface area contributed by atoms with Gasteiger partial charge in [0.1, 0.15) is 6.67 Å². The Balaban J connectivity index is 1.72. The minimum absolute atomic E-state index is 0.0165. The molecule has 1 aliphatic rings. The number of carbonyl (C=O) groups is 1. The number of anilines is 1. The van der Waals surface area contributed by atoms with Gasteiger partial charge in [0, 0.05) is 24.4 Å². The largest absolute Gasteiger partial charge is 0.396 e. The van der Waals surface area contributed by atoms with Gasteiger partial charge in [-0.2, -0.15) is 0 Å². The van der Waals surface area contributed by atoms with Crippen LogP contribution in [0.1, 0.15) is 48.1 Å². The Morgan fingerprint density at radius 3 is 2.45 bits per heavy atom. The minimum Gasteiger partial charge on any atom is -0.396 e. The Morgan fingerprint density at radius 2 is 1.87 bits per heavy atom. The van der Waals surface area contributed by atoms with Crippen LogP contribution in [0.25, 0.3) is 0 Å². The minimum atomic E-state index is -3.30. The van der Waals surface area contributed by atoms with E-state index < -0.39 is 15.9 Å². The van der Waals surface area contributed by atoms with E-state index in [0.717, 1.165) is 30.6 Å². The predicted octanol–water partition coefficient (Wildman–Crippen LogP) is 3.27. The summed E-state index contributed by atoms with van der Waals surface area (Å²) in [6.45, 7) is 1.88. The Hall–Kier alpha value is -2.45. The molecule has 1 fully saturated rings. The highest BCUT2D eigenvalue weighted by molar-refractivity contribution is 7.91. The molecule has 8 heteroatoms. The molecule has 0 radical (unpaired) electrons. The van der Waals surface area contributed by atoms with Gasteiger partial charge in [-0.1, -0.05) is 19.1 Å². The summed E-state index contributed by atoms with van der Waals surface area (Å²) in [6, 6.07) is 12.9. The van der Waals surface area contributed by atoms with Crippen molar-refractivity contribution in [3.8, 4) is 0 Å². The number of alkyl halides is 1. The van der Waals surface area contributed by atoms with Gasteiger partial charge in [0.15, 0.2) is 9.84 Å². The molecule has 3 rings (SSSR count). The highest BCUT2D eigenvalue weighted by atomic mass is 32.2. The number of halogens is 1. The molecule has 1 heterocycles. The monoisotopic (exact) mass is 448 g/mol. The fourth-order valence-corrected chi connectivity index (χ4v) is 4.79. The van der Waals surface area contributed by atoms with Crippen LogP contribution < -0.4 is 10.2 Å².